The molecule has 0 atom stereocenters. The number of para-hydroxylation sites is 1. The molecule has 3 aliphatic heterocycles. The Hall–Kier alpha value is -4.79. The molecule has 2 N–H and O–H groups in total. The van der Waals surface area contributed by atoms with E-state index in [0.717, 1.165) is 53.1 Å². The molecule has 3 heterocycles. The molecule has 0 saturated carbocycles. The Labute approximate surface area is 379 Å². The molecule has 0 amide bonds. The van der Waals surface area contributed by atoms with Crippen molar-refractivity contribution in [3.8, 4) is 5.75 Å². The van der Waals surface area contributed by atoms with Gasteiger partial charge in [-0.05, 0) is 86.7 Å². The van der Waals surface area contributed by atoms with Gasteiger partial charge in [0.15, 0.2) is 17.2 Å². The predicted molar refractivity (Wildman–Crippen MR) is 241 cm³/mol. The second-order valence-electron chi connectivity index (χ2n) is 16.6. The molecule has 0 aliphatic carbocycles. The normalized spacial score (nSPS) is 18.2. The van der Waals surface area contributed by atoms with Crippen molar-refractivity contribution in [2.24, 2.45) is 0 Å². The smallest absolute Gasteiger partial charge is 0.294 e. The lowest BCUT2D eigenvalue weighted by Crippen LogP contribution is -2.28. The highest BCUT2D eigenvalue weighted by atomic mass is 32.2. The maximum atomic E-state index is 12.2. The quantitative estimate of drug-likeness (QED) is 0.0194. The van der Waals surface area contributed by atoms with Crippen molar-refractivity contribution in [1.29, 1.82) is 0 Å². The van der Waals surface area contributed by atoms with Gasteiger partial charge in [-0.3, -0.25) is 18.9 Å². The molecule has 0 bridgehead atoms. The zero-order chi connectivity index (χ0) is 46.1. The lowest BCUT2D eigenvalue weighted by molar-refractivity contribution is -0.777. The standard InChI is InChI=1S/C46H54N2O13S3/c1-45(2)37-11-5-6-12-39(37)47(25-7-9-29-62-61-60-50)43(45)22-20-41-44(59-35-16-13-33(14-17-35)23-27-57-32-49)34(24-28-58-41)15-21-42-46(3,4)38-31-36(64(54,55)56)18-19-40(38)48(42)26-8-10-30-63(51,52)53/h5-6,11-22,31-32H,7-10,23-30H2,1-4H3,(H2-,50,51,52,53,54,55,56). The number of fused-ring (bicyclic) bond motifs is 2. The van der Waals surface area contributed by atoms with Crippen LogP contribution < -0.4 is 14.9 Å². The summed E-state index contributed by atoms with van der Waals surface area (Å²) in [6.07, 6.45) is 11.1. The molecule has 344 valence electrons. The van der Waals surface area contributed by atoms with Crippen molar-refractivity contribution in [2.75, 3.05) is 42.7 Å². The summed E-state index contributed by atoms with van der Waals surface area (Å²) in [6.45, 7) is 10.3. The van der Waals surface area contributed by atoms with E-state index in [0.29, 0.717) is 79.7 Å². The van der Waals surface area contributed by atoms with Gasteiger partial charge >= 0.3 is 0 Å². The highest BCUT2D eigenvalue weighted by molar-refractivity contribution is 7.94. The average molecular weight is 939 g/mol. The van der Waals surface area contributed by atoms with Crippen LogP contribution in [0.1, 0.15) is 76.5 Å². The van der Waals surface area contributed by atoms with Crippen LogP contribution in [0.3, 0.4) is 0 Å². The van der Waals surface area contributed by atoms with Crippen molar-refractivity contribution < 1.29 is 64.2 Å². The van der Waals surface area contributed by atoms with Crippen LogP contribution in [0.5, 0.6) is 5.75 Å². The van der Waals surface area contributed by atoms with Crippen LogP contribution in [0.2, 0.25) is 0 Å². The van der Waals surface area contributed by atoms with E-state index in [1.807, 2.05) is 73.4 Å². The minimum absolute atomic E-state index is 0.198. The lowest BCUT2D eigenvalue weighted by atomic mass is 9.81. The van der Waals surface area contributed by atoms with E-state index in [2.05, 4.69) is 46.0 Å². The number of nitrogens with zero attached hydrogens (tertiary/aromatic N) is 2. The summed E-state index contributed by atoms with van der Waals surface area (Å²) in [4.78, 5) is 12.5. The van der Waals surface area contributed by atoms with Crippen LogP contribution in [0.15, 0.2) is 119 Å². The zero-order valence-electron chi connectivity index (χ0n) is 36.2. The zero-order valence-corrected chi connectivity index (χ0v) is 38.7. The first-order valence-electron chi connectivity index (χ1n) is 20.9. The summed E-state index contributed by atoms with van der Waals surface area (Å²) in [6, 6.07) is 20.2. The minimum Gasteiger partial charge on any atom is -0.691 e. The van der Waals surface area contributed by atoms with Crippen molar-refractivity contribution >= 4 is 55.8 Å². The second-order valence-corrected chi connectivity index (χ2v) is 20.4. The molecule has 0 fully saturated rings. The molecule has 15 nitrogen and oxygen atoms in total. The number of carbonyl (C=O) groups excluding carboxylic acids is 1. The van der Waals surface area contributed by atoms with E-state index in [4.69, 9.17) is 14.2 Å². The molecular weight excluding hydrogens is 885 g/mol. The Balaban J connectivity index is 1.42. The highest BCUT2D eigenvalue weighted by Crippen LogP contribution is 2.49. The van der Waals surface area contributed by atoms with Gasteiger partial charge < -0.3 is 24.4 Å². The summed E-state index contributed by atoms with van der Waals surface area (Å²) in [5.74, 6) is 1.72. The number of ether oxygens (including phenoxy) is 3. The third-order valence-corrected chi connectivity index (χ3v) is 13.9. The molecule has 64 heavy (non-hydrogen) atoms. The summed E-state index contributed by atoms with van der Waals surface area (Å²) in [5, 5.41) is 13.7. The SMILES string of the molecule is CC1(C)C(/C=C/C2=C(Oc3ccc(CCOC=O)cc3)C(=C/C=C3/N(CCCCS(=O)(=O)O)c4ccc(S(=O)(=O)O)cc4C3(C)C)/CCO2)=[N+](CCCCSOO[O-])c2ccccc21. The van der Waals surface area contributed by atoms with E-state index in [1.54, 1.807) is 6.07 Å². The molecular formula is C46H54N2O13S3. The molecule has 18 heteroatoms. The summed E-state index contributed by atoms with van der Waals surface area (Å²) >= 11 is 0.972. The maximum absolute atomic E-state index is 12.2. The third kappa shape index (κ3) is 11.7. The first-order chi connectivity index (χ1) is 30.5. The topological polar surface area (TPSA) is 201 Å². The summed E-state index contributed by atoms with van der Waals surface area (Å²) in [5.41, 5.74) is 6.13. The van der Waals surface area contributed by atoms with Gasteiger partial charge in [0.05, 0.1) is 29.3 Å². The highest BCUT2D eigenvalue weighted by Gasteiger charge is 2.44. The molecule has 0 unspecified atom stereocenters. The number of unbranched alkanes of at least 4 members (excludes halogenated alkanes) is 2. The van der Waals surface area contributed by atoms with Gasteiger partial charge in [-0.25, -0.2) is 0 Å². The molecule has 0 aromatic heterocycles. The van der Waals surface area contributed by atoms with Gasteiger partial charge in [0.1, 0.15) is 12.3 Å². The molecule has 0 radical (unpaired) electrons. The Morgan fingerprint density at radius 1 is 0.906 bits per heavy atom. The number of carbonyl (C=O) groups is 1. The van der Waals surface area contributed by atoms with Crippen LogP contribution in [0.4, 0.5) is 11.4 Å². The largest absolute Gasteiger partial charge is 0.691 e. The van der Waals surface area contributed by atoms with E-state index in [1.165, 1.54) is 17.7 Å². The van der Waals surface area contributed by atoms with E-state index in [-0.39, 0.29) is 23.3 Å². The van der Waals surface area contributed by atoms with Gasteiger partial charge in [-0.1, -0.05) is 50.3 Å². The second kappa shape index (κ2) is 21.0. The monoisotopic (exact) mass is 938 g/mol. The van der Waals surface area contributed by atoms with E-state index < -0.39 is 31.4 Å². The van der Waals surface area contributed by atoms with Crippen LogP contribution in [0.25, 0.3) is 0 Å². The van der Waals surface area contributed by atoms with Gasteiger partial charge in [-0.2, -0.15) is 25.7 Å². The molecule has 6 rings (SSSR count). The molecule has 3 aromatic rings. The molecule has 3 aliphatic rings. The number of anilines is 1. The number of allylic oxidation sites excluding steroid dienone is 6. The molecule has 0 spiro atoms. The summed E-state index contributed by atoms with van der Waals surface area (Å²) < 4.78 is 91.6. The van der Waals surface area contributed by atoms with Crippen LogP contribution >= 0.6 is 12.0 Å². The Bertz CT molecular complexity index is 2560. The fourth-order valence-corrected chi connectivity index (χ4v) is 9.89. The van der Waals surface area contributed by atoms with Crippen molar-refractivity contribution in [1.82, 2.24) is 0 Å². The fourth-order valence-electron chi connectivity index (χ4n) is 8.38. The van der Waals surface area contributed by atoms with Gasteiger partial charge in [0, 0.05) is 83.7 Å². The van der Waals surface area contributed by atoms with Crippen LogP contribution in [-0.4, -0.2) is 80.5 Å². The van der Waals surface area contributed by atoms with Gasteiger partial charge in [0.25, 0.3) is 26.7 Å². The van der Waals surface area contributed by atoms with Crippen molar-refractivity contribution in [2.45, 2.75) is 81.9 Å². The van der Waals surface area contributed by atoms with E-state index >= 15 is 0 Å². The number of rotatable bonds is 22. The number of hydrogen-bond donors (Lipinski definition) is 2. The van der Waals surface area contributed by atoms with Gasteiger partial charge in [-0.15, -0.1) is 0 Å². The fraction of sp³-hybridized carbons (Fsp3) is 0.391. The number of benzene rings is 3. The number of hydrogen-bond acceptors (Lipinski definition) is 13. The maximum Gasteiger partial charge on any atom is 0.294 e. The predicted octanol–water partition coefficient (Wildman–Crippen LogP) is 7.22. The average Bonchev–Trinajstić information content (AvgIpc) is 3.60. The van der Waals surface area contributed by atoms with Crippen LogP contribution in [-0.2, 0) is 61.1 Å². The van der Waals surface area contributed by atoms with Gasteiger partial charge in [0.2, 0.25) is 5.69 Å². The Morgan fingerprint density at radius 3 is 2.39 bits per heavy atom. The first kappa shape index (κ1) is 48.7. The van der Waals surface area contributed by atoms with E-state index in [9.17, 15) is 36.0 Å². The third-order valence-electron chi connectivity index (χ3n) is 11.6. The lowest BCUT2D eigenvalue weighted by Gasteiger charge is -2.27. The molecule has 0 saturated heterocycles. The molecule has 3 aromatic carbocycles. The Kier molecular flexibility index (Phi) is 16.0. The minimum atomic E-state index is -4.51. The first-order valence-corrected chi connectivity index (χ1v) is 24.9. The van der Waals surface area contributed by atoms with Crippen molar-refractivity contribution in [3.63, 3.8) is 0 Å². The van der Waals surface area contributed by atoms with Crippen LogP contribution in [0, 0.1) is 0 Å². The van der Waals surface area contributed by atoms with Crippen molar-refractivity contribution in [3.05, 3.63) is 131 Å². The summed E-state index contributed by atoms with van der Waals surface area (Å²) in [7, 11) is -8.67. The Morgan fingerprint density at radius 2 is 1.67 bits per heavy atom.